The molecule has 4 rings (SSSR count). The first kappa shape index (κ1) is 20.2. The van der Waals surface area contributed by atoms with Crippen LogP contribution in [0.5, 0.6) is 5.75 Å². The van der Waals surface area contributed by atoms with Crippen molar-refractivity contribution in [3.63, 3.8) is 0 Å². The van der Waals surface area contributed by atoms with Crippen molar-refractivity contribution in [3.05, 3.63) is 101 Å². The molecule has 0 radical (unpaired) electrons. The van der Waals surface area contributed by atoms with Crippen molar-refractivity contribution in [2.24, 2.45) is 0 Å². The van der Waals surface area contributed by atoms with E-state index < -0.39 is 6.10 Å². The lowest BCUT2D eigenvalue weighted by Gasteiger charge is -2.25. The minimum absolute atomic E-state index is 0.111. The van der Waals surface area contributed by atoms with Crippen LogP contribution < -0.4 is 10.1 Å². The molecule has 0 fully saturated rings. The van der Waals surface area contributed by atoms with E-state index in [4.69, 9.17) is 4.74 Å². The van der Waals surface area contributed by atoms with E-state index in [2.05, 4.69) is 42.6 Å². The summed E-state index contributed by atoms with van der Waals surface area (Å²) in [5.41, 5.74) is 5.93. The molecule has 3 heteroatoms. The maximum absolute atomic E-state index is 13.1. The third-order valence-electron chi connectivity index (χ3n) is 5.94. The van der Waals surface area contributed by atoms with Crippen molar-refractivity contribution < 1.29 is 9.53 Å². The van der Waals surface area contributed by atoms with Crippen LogP contribution in [0.1, 0.15) is 53.6 Å². The van der Waals surface area contributed by atoms with Crippen LogP contribution in [0.25, 0.3) is 0 Å². The predicted octanol–water partition coefficient (Wildman–Crippen LogP) is 5.55. The third-order valence-corrected chi connectivity index (χ3v) is 5.94. The van der Waals surface area contributed by atoms with Crippen molar-refractivity contribution in [2.45, 2.75) is 51.7 Å². The van der Waals surface area contributed by atoms with Gasteiger partial charge in [-0.15, -0.1) is 0 Å². The molecule has 0 saturated carbocycles. The second-order valence-electron chi connectivity index (χ2n) is 8.07. The molecule has 3 aromatic carbocycles. The van der Waals surface area contributed by atoms with Gasteiger partial charge in [0.2, 0.25) is 0 Å². The van der Waals surface area contributed by atoms with Crippen LogP contribution in [-0.2, 0) is 17.6 Å². The van der Waals surface area contributed by atoms with Crippen molar-refractivity contribution in [3.8, 4) is 5.75 Å². The fourth-order valence-corrected chi connectivity index (χ4v) is 4.26. The van der Waals surface area contributed by atoms with Crippen LogP contribution in [-0.4, -0.2) is 12.0 Å². The van der Waals surface area contributed by atoms with E-state index in [0.717, 1.165) is 35.3 Å². The van der Waals surface area contributed by atoms with Crippen LogP contribution in [0.2, 0.25) is 0 Å². The summed E-state index contributed by atoms with van der Waals surface area (Å²) in [6.07, 6.45) is 3.94. The average Bonchev–Trinajstić information content (AvgIpc) is 2.79. The fraction of sp³-hybridized carbons (Fsp3) is 0.296. The van der Waals surface area contributed by atoms with Gasteiger partial charge in [-0.1, -0.05) is 66.7 Å². The Hall–Kier alpha value is -3.07. The molecule has 154 valence electrons. The van der Waals surface area contributed by atoms with Crippen molar-refractivity contribution in [2.75, 3.05) is 0 Å². The second kappa shape index (κ2) is 9.17. The summed E-state index contributed by atoms with van der Waals surface area (Å²) < 4.78 is 6.17. The molecule has 0 bridgehead atoms. The summed E-state index contributed by atoms with van der Waals surface area (Å²) in [4.78, 5) is 13.1. The number of hydrogen-bond acceptors (Lipinski definition) is 2. The molecule has 3 nitrogen and oxygen atoms in total. The van der Waals surface area contributed by atoms with Gasteiger partial charge >= 0.3 is 0 Å². The van der Waals surface area contributed by atoms with Gasteiger partial charge in [0.25, 0.3) is 5.91 Å². The summed E-state index contributed by atoms with van der Waals surface area (Å²) in [5.74, 6) is 0.738. The molecule has 0 spiro atoms. The lowest BCUT2D eigenvalue weighted by atomic mass is 9.91. The monoisotopic (exact) mass is 399 g/mol. The summed E-state index contributed by atoms with van der Waals surface area (Å²) in [6.45, 7) is 3.91. The van der Waals surface area contributed by atoms with E-state index in [1.54, 1.807) is 0 Å². The zero-order chi connectivity index (χ0) is 20.9. The van der Waals surface area contributed by atoms with E-state index in [1.807, 2.05) is 49.4 Å². The Morgan fingerprint density at radius 2 is 1.63 bits per heavy atom. The molecule has 1 amide bonds. The molecule has 2 atom stereocenters. The maximum atomic E-state index is 13.1. The Kier molecular flexibility index (Phi) is 6.18. The first-order valence-electron chi connectivity index (χ1n) is 10.8. The lowest BCUT2D eigenvalue weighted by Crippen LogP contribution is -2.39. The topological polar surface area (TPSA) is 38.3 Å². The normalized spacial score (nSPS) is 15.0. The third kappa shape index (κ3) is 4.40. The molecular weight excluding hydrogens is 370 g/mol. The molecule has 3 aromatic rings. The first-order chi connectivity index (χ1) is 14.6. The molecule has 1 N–H and O–H groups in total. The van der Waals surface area contributed by atoms with Crippen LogP contribution >= 0.6 is 0 Å². The summed E-state index contributed by atoms with van der Waals surface area (Å²) in [5, 5.41) is 3.23. The van der Waals surface area contributed by atoms with Crippen LogP contribution in [0.3, 0.4) is 0 Å². The van der Waals surface area contributed by atoms with Crippen molar-refractivity contribution in [1.82, 2.24) is 5.32 Å². The van der Waals surface area contributed by atoms with E-state index >= 15 is 0 Å². The molecule has 0 aromatic heterocycles. The number of nitrogens with one attached hydrogen (secondary N) is 1. The Morgan fingerprint density at radius 1 is 0.900 bits per heavy atom. The maximum Gasteiger partial charge on any atom is 0.261 e. The molecule has 2 unspecified atom stereocenters. The fourth-order valence-electron chi connectivity index (χ4n) is 4.26. The Bertz CT molecular complexity index is 1010. The predicted molar refractivity (Wildman–Crippen MR) is 121 cm³/mol. The van der Waals surface area contributed by atoms with Gasteiger partial charge in [0, 0.05) is 0 Å². The van der Waals surface area contributed by atoms with Gasteiger partial charge in [0.05, 0.1) is 6.04 Å². The number of amides is 1. The number of rotatable bonds is 6. The quantitative estimate of drug-likeness (QED) is 0.590. The van der Waals surface area contributed by atoms with Gasteiger partial charge in [0.1, 0.15) is 5.75 Å². The highest BCUT2D eigenvalue weighted by Crippen LogP contribution is 2.30. The lowest BCUT2D eigenvalue weighted by molar-refractivity contribution is -0.127. The highest BCUT2D eigenvalue weighted by Gasteiger charge is 2.24. The zero-order valence-corrected chi connectivity index (χ0v) is 17.7. The number of carbonyl (C=O) groups excluding carboxylic acids is 1. The average molecular weight is 400 g/mol. The highest BCUT2D eigenvalue weighted by atomic mass is 16.5. The molecule has 1 aliphatic rings. The molecule has 30 heavy (non-hydrogen) atoms. The minimum Gasteiger partial charge on any atom is -0.481 e. The van der Waals surface area contributed by atoms with Crippen LogP contribution in [0, 0.1) is 6.92 Å². The van der Waals surface area contributed by atoms with E-state index in [1.165, 1.54) is 24.0 Å². The van der Waals surface area contributed by atoms with Gasteiger partial charge in [-0.3, -0.25) is 4.79 Å². The largest absolute Gasteiger partial charge is 0.481 e. The molecule has 0 aliphatic heterocycles. The van der Waals surface area contributed by atoms with Gasteiger partial charge in [-0.25, -0.2) is 0 Å². The smallest absolute Gasteiger partial charge is 0.261 e. The molecule has 1 aliphatic carbocycles. The van der Waals surface area contributed by atoms with Crippen molar-refractivity contribution in [1.29, 1.82) is 0 Å². The first-order valence-corrected chi connectivity index (χ1v) is 10.8. The van der Waals surface area contributed by atoms with Gasteiger partial charge in [0.15, 0.2) is 6.10 Å². The van der Waals surface area contributed by atoms with E-state index in [-0.39, 0.29) is 11.9 Å². The summed E-state index contributed by atoms with van der Waals surface area (Å²) in [7, 11) is 0. The number of fused-ring (bicyclic) bond motifs is 1. The highest BCUT2D eigenvalue weighted by molar-refractivity contribution is 5.81. The molecular formula is C27H29NO2. The Morgan fingerprint density at radius 3 is 2.43 bits per heavy atom. The van der Waals surface area contributed by atoms with Gasteiger partial charge < -0.3 is 10.1 Å². The number of ether oxygens (including phenoxy) is 1. The van der Waals surface area contributed by atoms with Gasteiger partial charge in [-0.05, 0) is 73.4 Å². The number of benzene rings is 3. The Balaban J connectivity index is 1.55. The SMILES string of the molecule is Cc1ccccc1C(NC(=O)C(C)Oc1cccc2c1CCCC2)c1ccccc1. The number of hydrogen-bond donors (Lipinski definition) is 1. The van der Waals surface area contributed by atoms with Crippen molar-refractivity contribution >= 4 is 5.91 Å². The number of aryl methyl sites for hydroxylation is 2. The number of carbonyl (C=O) groups is 1. The van der Waals surface area contributed by atoms with Gasteiger partial charge in [-0.2, -0.15) is 0 Å². The Labute approximate surface area is 179 Å². The zero-order valence-electron chi connectivity index (χ0n) is 17.7. The molecule has 0 heterocycles. The summed E-state index contributed by atoms with van der Waals surface area (Å²) >= 11 is 0. The van der Waals surface area contributed by atoms with E-state index in [0.29, 0.717) is 0 Å². The van der Waals surface area contributed by atoms with Crippen LogP contribution in [0.15, 0.2) is 72.8 Å². The summed E-state index contributed by atoms with van der Waals surface area (Å²) in [6, 6.07) is 24.3. The minimum atomic E-state index is -0.575. The standard InChI is InChI=1S/C27H29NO2/c1-19-11-6-8-16-23(19)26(22-13-4-3-5-14-22)28-27(29)20(2)30-25-18-10-15-21-12-7-9-17-24(21)25/h3-6,8,10-11,13-16,18,20,26H,7,9,12,17H2,1-2H3,(H,28,29). The van der Waals surface area contributed by atoms with Crippen LogP contribution in [0.4, 0.5) is 0 Å². The molecule has 0 saturated heterocycles. The van der Waals surface area contributed by atoms with E-state index in [9.17, 15) is 4.79 Å². The second-order valence-corrected chi connectivity index (χ2v) is 8.07.